The number of para-hydroxylation sites is 1. The van der Waals surface area contributed by atoms with Crippen LogP contribution >= 0.6 is 0 Å². The molecule has 9 nitrogen and oxygen atoms in total. The summed E-state index contributed by atoms with van der Waals surface area (Å²) in [6.45, 7) is 3.91. The fourth-order valence-electron chi connectivity index (χ4n) is 4.66. The van der Waals surface area contributed by atoms with Crippen LogP contribution in [0.15, 0.2) is 65.7 Å². The van der Waals surface area contributed by atoms with Gasteiger partial charge in [0.05, 0.1) is 11.4 Å². The molecule has 0 aliphatic carbocycles. The second-order valence-electron chi connectivity index (χ2n) is 8.43. The normalized spacial score (nSPS) is 18.3. The maximum Gasteiger partial charge on any atom is 0.339 e. The Morgan fingerprint density at radius 2 is 1.70 bits per heavy atom. The second kappa shape index (κ2) is 8.25. The van der Waals surface area contributed by atoms with Crippen LogP contribution in [0, 0.1) is 6.92 Å². The van der Waals surface area contributed by atoms with Crippen LogP contribution in [0.5, 0.6) is 0 Å². The number of pyridine rings is 1. The van der Waals surface area contributed by atoms with Crippen LogP contribution < -0.4 is 15.4 Å². The molecule has 168 valence electrons. The molecule has 2 fully saturated rings. The van der Waals surface area contributed by atoms with Gasteiger partial charge in [-0.05, 0) is 43.5 Å². The van der Waals surface area contributed by atoms with Gasteiger partial charge in [-0.15, -0.1) is 0 Å². The number of anilines is 2. The van der Waals surface area contributed by atoms with E-state index in [9.17, 15) is 14.4 Å². The van der Waals surface area contributed by atoms with Crippen molar-refractivity contribution in [1.29, 1.82) is 0 Å². The zero-order chi connectivity index (χ0) is 23.0. The van der Waals surface area contributed by atoms with Crippen molar-refractivity contribution < 1.29 is 9.59 Å². The van der Waals surface area contributed by atoms with E-state index < -0.39 is 11.6 Å². The Balaban J connectivity index is 1.48. The molecule has 3 amide bonds. The molecule has 1 spiro atoms. The number of aryl methyl sites for hydroxylation is 1. The van der Waals surface area contributed by atoms with Gasteiger partial charge >= 0.3 is 6.03 Å². The van der Waals surface area contributed by atoms with E-state index in [1.807, 2.05) is 25.1 Å². The number of likely N-dealkylation sites (tertiary alicyclic amines) is 1. The summed E-state index contributed by atoms with van der Waals surface area (Å²) in [4.78, 5) is 55.5. The monoisotopic (exact) mass is 444 g/mol. The minimum Gasteiger partial charge on any atom is -0.297 e. The Morgan fingerprint density at radius 1 is 0.939 bits per heavy atom. The zero-order valence-electron chi connectivity index (χ0n) is 18.3. The lowest BCUT2D eigenvalue weighted by atomic mass is 9.85. The molecule has 2 saturated heterocycles. The van der Waals surface area contributed by atoms with Crippen molar-refractivity contribution in [3.8, 4) is 0 Å². The highest BCUT2D eigenvalue weighted by Gasteiger charge is 2.60. The average molecular weight is 444 g/mol. The topological polar surface area (TPSA) is 102 Å². The molecule has 0 atom stereocenters. The Kier molecular flexibility index (Phi) is 5.26. The molecule has 0 saturated carbocycles. The van der Waals surface area contributed by atoms with E-state index in [2.05, 4.69) is 19.9 Å². The highest BCUT2D eigenvalue weighted by molar-refractivity contribution is 6.30. The van der Waals surface area contributed by atoms with Gasteiger partial charge < -0.3 is 0 Å². The van der Waals surface area contributed by atoms with Crippen molar-refractivity contribution in [2.45, 2.75) is 31.8 Å². The van der Waals surface area contributed by atoms with Crippen LogP contribution in [0.2, 0.25) is 0 Å². The number of carbonyl (C=O) groups excluding carboxylic acids is 2. The van der Waals surface area contributed by atoms with Gasteiger partial charge in [0.1, 0.15) is 5.54 Å². The van der Waals surface area contributed by atoms with E-state index in [1.54, 1.807) is 30.5 Å². The second-order valence-corrected chi connectivity index (χ2v) is 8.43. The number of amides is 3. The molecule has 33 heavy (non-hydrogen) atoms. The van der Waals surface area contributed by atoms with E-state index in [-0.39, 0.29) is 17.4 Å². The van der Waals surface area contributed by atoms with Crippen molar-refractivity contribution in [3.05, 3.63) is 82.5 Å². The van der Waals surface area contributed by atoms with Gasteiger partial charge in [-0.1, -0.05) is 24.3 Å². The molecule has 2 aliphatic rings. The van der Waals surface area contributed by atoms with Crippen molar-refractivity contribution in [2.75, 3.05) is 22.9 Å². The van der Waals surface area contributed by atoms with E-state index in [1.165, 1.54) is 22.1 Å². The number of rotatable bonds is 4. The van der Waals surface area contributed by atoms with Crippen LogP contribution in [-0.2, 0) is 11.3 Å². The lowest BCUT2D eigenvalue weighted by Crippen LogP contribution is -2.57. The molecule has 3 aromatic rings. The van der Waals surface area contributed by atoms with Crippen LogP contribution in [0.3, 0.4) is 0 Å². The number of aromatic nitrogens is 3. The van der Waals surface area contributed by atoms with E-state index >= 15 is 0 Å². The van der Waals surface area contributed by atoms with E-state index in [4.69, 9.17) is 0 Å². The molecular formula is C24H24N6O3. The van der Waals surface area contributed by atoms with Crippen molar-refractivity contribution in [1.82, 2.24) is 19.9 Å². The zero-order valence-corrected chi connectivity index (χ0v) is 18.3. The summed E-state index contributed by atoms with van der Waals surface area (Å²) in [7, 11) is 0. The lowest BCUT2D eigenvalue weighted by Gasteiger charge is -2.41. The number of aromatic amines is 1. The van der Waals surface area contributed by atoms with Crippen LogP contribution in [0.25, 0.3) is 0 Å². The molecule has 0 radical (unpaired) electrons. The van der Waals surface area contributed by atoms with Gasteiger partial charge in [0.15, 0.2) is 0 Å². The molecule has 1 aromatic carbocycles. The first kappa shape index (κ1) is 21.0. The average Bonchev–Trinajstić information content (AvgIpc) is 3.03. The molecule has 2 aliphatic heterocycles. The highest BCUT2D eigenvalue weighted by Crippen LogP contribution is 2.41. The first-order valence-corrected chi connectivity index (χ1v) is 10.9. The summed E-state index contributed by atoms with van der Waals surface area (Å²) >= 11 is 0. The number of hydrogen-bond donors (Lipinski definition) is 1. The largest absolute Gasteiger partial charge is 0.339 e. The number of urea groups is 1. The maximum absolute atomic E-state index is 13.8. The van der Waals surface area contributed by atoms with E-state index in [0.29, 0.717) is 38.2 Å². The first-order chi connectivity index (χ1) is 16.0. The van der Waals surface area contributed by atoms with Gasteiger partial charge in [-0.2, -0.15) is 0 Å². The summed E-state index contributed by atoms with van der Waals surface area (Å²) in [5, 5.41) is 0. The molecule has 5 rings (SSSR count). The standard InChI is InChI=1S/C24H24N6O3/c1-17-6-5-12-25-19(17)16-28-14-10-24(11-15-28)21(32)29(18-7-3-2-4-8-18)23(33)30(24)22-26-13-9-20(31)27-22/h2-9,12-13H,10-11,14-16H2,1H3,(H,26,27,31). The summed E-state index contributed by atoms with van der Waals surface area (Å²) < 4.78 is 0. The van der Waals surface area contributed by atoms with E-state index in [0.717, 1.165) is 11.3 Å². The smallest absolute Gasteiger partial charge is 0.297 e. The number of H-pyrrole nitrogens is 1. The fourth-order valence-corrected chi connectivity index (χ4v) is 4.66. The summed E-state index contributed by atoms with van der Waals surface area (Å²) in [5.74, 6) is -0.202. The Morgan fingerprint density at radius 3 is 2.39 bits per heavy atom. The predicted molar refractivity (Wildman–Crippen MR) is 123 cm³/mol. The first-order valence-electron chi connectivity index (χ1n) is 10.9. The number of nitrogens with zero attached hydrogens (tertiary/aromatic N) is 5. The third-order valence-corrected chi connectivity index (χ3v) is 6.47. The molecular weight excluding hydrogens is 420 g/mol. The van der Waals surface area contributed by atoms with Gasteiger partial charge in [0.2, 0.25) is 5.95 Å². The minimum atomic E-state index is -1.11. The molecule has 2 aromatic heterocycles. The number of carbonyl (C=O) groups is 2. The molecule has 9 heteroatoms. The van der Waals surface area contributed by atoms with Gasteiger partial charge in [0.25, 0.3) is 11.5 Å². The van der Waals surface area contributed by atoms with Crippen LogP contribution in [0.1, 0.15) is 24.1 Å². The minimum absolute atomic E-state index is 0.0910. The van der Waals surface area contributed by atoms with Crippen molar-refractivity contribution in [3.63, 3.8) is 0 Å². The van der Waals surface area contributed by atoms with Crippen molar-refractivity contribution >= 4 is 23.6 Å². The Labute approximate surface area is 190 Å². The third-order valence-electron chi connectivity index (χ3n) is 6.47. The quantitative estimate of drug-likeness (QED) is 0.621. The van der Waals surface area contributed by atoms with Crippen LogP contribution in [0.4, 0.5) is 16.4 Å². The summed E-state index contributed by atoms with van der Waals surface area (Å²) in [6.07, 6.45) is 3.98. The van der Waals surface area contributed by atoms with Gasteiger partial charge in [-0.3, -0.25) is 24.5 Å². The van der Waals surface area contributed by atoms with Gasteiger partial charge in [-0.25, -0.2) is 19.6 Å². The lowest BCUT2D eigenvalue weighted by molar-refractivity contribution is -0.123. The SMILES string of the molecule is Cc1cccnc1CN1CCC2(CC1)C(=O)N(c1ccccc1)C(=O)N2c1nccc(=O)[nH]1. The Hall–Kier alpha value is -3.85. The molecule has 0 unspecified atom stereocenters. The third kappa shape index (κ3) is 3.60. The fraction of sp³-hybridized carbons (Fsp3) is 0.292. The highest BCUT2D eigenvalue weighted by atomic mass is 16.2. The molecule has 1 N–H and O–H groups in total. The van der Waals surface area contributed by atoms with Crippen molar-refractivity contribution in [2.24, 2.45) is 0 Å². The number of hydrogen-bond acceptors (Lipinski definition) is 6. The number of piperidine rings is 1. The summed E-state index contributed by atoms with van der Waals surface area (Å²) in [6, 6.07) is 13.6. The molecule has 0 bridgehead atoms. The Bertz CT molecular complexity index is 1250. The van der Waals surface area contributed by atoms with Crippen LogP contribution in [-0.4, -0.2) is 50.4 Å². The summed E-state index contributed by atoms with van der Waals surface area (Å²) in [5.41, 5.74) is 1.13. The predicted octanol–water partition coefficient (Wildman–Crippen LogP) is 2.48. The number of benzene rings is 1. The van der Waals surface area contributed by atoms with Gasteiger partial charge in [0, 0.05) is 38.1 Å². The number of imide groups is 1. The maximum atomic E-state index is 13.8. The molecule has 4 heterocycles. The number of nitrogens with one attached hydrogen (secondary N) is 1.